The van der Waals surface area contributed by atoms with Gasteiger partial charge in [0, 0.05) is 11.9 Å². The van der Waals surface area contributed by atoms with Crippen LogP contribution in [0.15, 0.2) is 12.3 Å². The van der Waals surface area contributed by atoms with Crippen molar-refractivity contribution in [1.82, 2.24) is 4.98 Å². The van der Waals surface area contributed by atoms with Crippen molar-refractivity contribution in [3.05, 3.63) is 28.8 Å². The van der Waals surface area contributed by atoms with Gasteiger partial charge in [0.15, 0.2) is 0 Å². The van der Waals surface area contributed by atoms with Crippen molar-refractivity contribution in [1.29, 1.82) is 0 Å². The Hall–Kier alpha value is -0.280. The summed E-state index contributed by atoms with van der Waals surface area (Å²) in [7, 11) is 0. The van der Waals surface area contributed by atoms with Gasteiger partial charge < -0.3 is 0 Å². The van der Waals surface area contributed by atoms with E-state index >= 15 is 0 Å². The van der Waals surface area contributed by atoms with Gasteiger partial charge in [-0.1, -0.05) is 11.6 Å². The van der Waals surface area contributed by atoms with Crippen molar-refractivity contribution in [2.45, 2.75) is 5.75 Å². The quantitative estimate of drug-likeness (QED) is 0.667. The van der Waals surface area contributed by atoms with Gasteiger partial charge in [-0.3, -0.25) is 0 Å². The molecule has 0 radical (unpaired) electrons. The summed E-state index contributed by atoms with van der Waals surface area (Å²) in [5.74, 6) is 0.136. The predicted octanol–water partition coefficient (Wildman–Crippen LogP) is 2.74. The Balaban J connectivity index is 2.96. The van der Waals surface area contributed by atoms with Gasteiger partial charge in [0.1, 0.15) is 0 Å². The lowest BCUT2D eigenvalue weighted by molar-refractivity contribution is 0.583. The summed E-state index contributed by atoms with van der Waals surface area (Å²) in [6.45, 7) is 0. The number of pyridine rings is 1. The van der Waals surface area contributed by atoms with Crippen LogP contribution in [0, 0.1) is 5.95 Å². The van der Waals surface area contributed by atoms with E-state index in [9.17, 15) is 4.39 Å². The second kappa shape index (κ2) is 3.93. The summed E-state index contributed by atoms with van der Waals surface area (Å²) in [4.78, 5) is 3.41. The first kappa shape index (κ1) is 8.81. The molecule has 0 aliphatic carbocycles. The summed E-state index contributed by atoms with van der Waals surface area (Å²) in [5, 5.41) is 0.141. The van der Waals surface area contributed by atoms with E-state index in [1.807, 2.05) is 6.26 Å². The van der Waals surface area contributed by atoms with Crippen LogP contribution in [-0.2, 0) is 5.75 Å². The first-order chi connectivity index (χ1) is 5.25. The van der Waals surface area contributed by atoms with Gasteiger partial charge in [0.2, 0.25) is 5.95 Å². The van der Waals surface area contributed by atoms with Crippen molar-refractivity contribution in [3.8, 4) is 0 Å². The Bertz CT molecular complexity index is 254. The van der Waals surface area contributed by atoms with Crippen LogP contribution in [0.25, 0.3) is 0 Å². The lowest BCUT2D eigenvalue weighted by Crippen LogP contribution is -1.89. The molecule has 0 unspecified atom stereocenters. The maximum atomic E-state index is 12.7. The molecule has 0 amide bonds. The second-order valence-corrected chi connectivity index (χ2v) is 3.25. The minimum absolute atomic E-state index is 0.141. The van der Waals surface area contributed by atoms with Crippen LogP contribution in [0.1, 0.15) is 5.56 Å². The number of rotatable bonds is 2. The molecule has 0 fully saturated rings. The molecule has 0 aliphatic heterocycles. The van der Waals surface area contributed by atoms with Gasteiger partial charge in [0.25, 0.3) is 0 Å². The molecule has 1 aromatic rings. The third-order valence-corrected chi connectivity index (χ3v) is 2.22. The first-order valence-electron chi connectivity index (χ1n) is 3.03. The highest BCUT2D eigenvalue weighted by Crippen LogP contribution is 2.20. The van der Waals surface area contributed by atoms with Gasteiger partial charge in [-0.2, -0.15) is 16.2 Å². The molecular formula is C7H7ClFNS. The minimum Gasteiger partial charge on any atom is -0.227 e. The lowest BCUT2D eigenvalue weighted by Gasteiger charge is -2.00. The molecule has 0 atom stereocenters. The zero-order valence-corrected chi connectivity index (χ0v) is 7.55. The lowest BCUT2D eigenvalue weighted by atomic mass is 10.3. The van der Waals surface area contributed by atoms with E-state index in [0.29, 0.717) is 0 Å². The molecule has 1 heterocycles. The third-order valence-electron chi connectivity index (χ3n) is 1.23. The molecule has 1 nitrogen and oxygen atoms in total. The number of halogens is 2. The summed E-state index contributed by atoms with van der Waals surface area (Å²) in [5.41, 5.74) is 0.798. The van der Waals surface area contributed by atoms with Gasteiger partial charge in [0.05, 0.1) is 5.02 Å². The molecule has 0 saturated heterocycles. The maximum Gasteiger partial charge on any atom is 0.231 e. The van der Waals surface area contributed by atoms with Gasteiger partial charge in [-0.15, -0.1) is 0 Å². The molecule has 0 saturated carbocycles. The molecule has 0 aliphatic rings. The van der Waals surface area contributed by atoms with Crippen molar-refractivity contribution < 1.29 is 4.39 Å². The maximum absolute atomic E-state index is 12.7. The van der Waals surface area contributed by atoms with E-state index < -0.39 is 5.95 Å². The van der Waals surface area contributed by atoms with E-state index in [4.69, 9.17) is 11.6 Å². The molecule has 0 N–H and O–H groups in total. The topological polar surface area (TPSA) is 12.9 Å². The average Bonchev–Trinajstić information content (AvgIpc) is 1.99. The third kappa shape index (κ3) is 2.07. The van der Waals surface area contributed by atoms with Crippen molar-refractivity contribution in [2.24, 2.45) is 0 Å². The molecule has 60 valence electrons. The molecule has 0 bridgehead atoms. The molecule has 0 aromatic carbocycles. The normalized spacial score (nSPS) is 10.1. The Morgan fingerprint density at radius 1 is 1.73 bits per heavy atom. The molecule has 4 heteroatoms. The van der Waals surface area contributed by atoms with Crippen molar-refractivity contribution >= 4 is 23.4 Å². The molecule has 0 spiro atoms. The summed E-state index contributed by atoms with van der Waals surface area (Å²) >= 11 is 7.22. The predicted molar refractivity (Wildman–Crippen MR) is 46.4 cm³/mol. The minimum atomic E-state index is -0.585. The highest BCUT2D eigenvalue weighted by Gasteiger charge is 2.04. The average molecular weight is 192 g/mol. The fraction of sp³-hybridized carbons (Fsp3) is 0.286. The molecule has 1 aromatic heterocycles. The zero-order valence-electron chi connectivity index (χ0n) is 5.97. The molecule has 1 rings (SSSR count). The zero-order chi connectivity index (χ0) is 8.27. The van der Waals surface area contributed by atoms with Gasteiger partial charge >= 0.3 is 0 Å². The first-order valence-corrected chi connectivity index (χ1v) is 4.80. The van der Waals surface area contributed by atoms with Crippen LogP contribution < -0.4 is 0 Å². The largest absolute Gasteiger partial charge is 0.231 e. The van der Waals surface area contributed by atoms with Crippen LogP contribution in [0.5, 0.6) is 0 Å². The highest BCUT2D eigenvalue weighted by molar-refractivity contribution is 7.97. The summed E-state index contributed by atoms with van der Waals surface area (Å²) in [6, 6.07) is 1.72. The van der Waals surface area contributed by atoms with Gasteiger partial charge in [-0.05, 0) is 17.9 Å². The fourth-order valence-corrected chi connectivity index (χ4v) is 1.53. The standard InChI is InChI=1S/C7H7ClFNS/c1-11-4-5-2-3-10-7(9)6(5)8/h2-3H,4H2,1H3. The van der Waals surface area contributed by atoms with E-state index in [1.54, 1.807) is 17.8 Å². The van der Waals surface area contributed by atoms with Gasteiger partial charge in [-0.25, -0.2) is 4.98 Å². The van der Waals surface area contributed by atoms with E-state index in [0.717, 1.165) is 11.3 Å². The van der Waals surface area contributed by atoms with Crippen LogP contribution >= 0.6 is 23.4 Å². The number of nitrogens with zero attached hydrogens (tertiary/aromatic N) is 1. The second-order valence-electron chi connectivity index (χ2n) is 2.01. The van der Waals surface area contributed by atoms with Crippen molar-refractivity contribution in [2.75, 3.05) is 6.26 Å². The Kier molecular flexibility index (Phi) is 3.15. The fourth-order valence-electron chi connectivity index (χ4n) is 0.722. The van der Waals surface area contributed by atoms with E-state index in [2.05, 4.69) is 4.98 Å². The SMILES string of the molecule is CSCc1ccnc(F)c1Cl. The van der Waals surface area contributed by atoms with E-state index in [1.165, 1.54) is 6.20 Å². The van der Waals surface area contributed by atoms with Crippen molar-refractivity contribution in [3.63, 3.8) is 0 Å². The van der Waals surface area contributed by atoms with Crippen LogP contribution in [0.3, 0.4) is 0 Å². The van der Waals surface area contributed by atoms with Crippen LogP contribution in [-0.4, -0.2) is 11.2 Å². The summed E-state index contributed by atoms with van der Waals surface area (Å²) in [6.07, 6.45) is 3.36. The number of thioether (sulfide) groups is 1. The number of hydrogen-bond donors (Lipinski definition) is 0. The Labute approximate surface area is 74.0 Å². The van der Waals surface area contributed by atoms with Crippen LogP contribution in [0.4, 0.5) is 4.39 Å². The van der Waals surface area contributed by atoms with E-state index in [-0.39, 0.29) is 5.02 Å². The smallest absolute Gasteiger partial charge is 0.227 e. The molecular weight excluding hydrogens is 185 g/mol. The Morgan fingerprint density at radius 2 is 2.45 bits per heavy atom. The number of hydrogen-bond acceptors (Lipinski definition) is 2. The highest BCUT2D eigenvalue weighted by atomic mass is 35.5. The molecule has 11 heavy (non-hydrogen) atoms. The van der Waals surface area contributed by atoms with Crippen LogP contribution in [0.2, 0.25) is 5.02 Å². The number of aromatic nitrogens is 1. The Morgan fingerprint density at radius 3 is 3.09 bits per heavy atom. The summed E-state index contributed by atoms with van der Waals surface area (Å²) < 4.78 is 12.7. The monoisotopic (exact) mass is 191 g/mol.